The lowest BCUT2D eigenvalue weighted by atomic mass is 9.81. The minimum absolute atomic E-state index is 0.0463. The van der Waals surface area contributed by atoms with Gasteiger partial charge in [-0.25, -0.2) is 0 Å². The minimum Gasteiger partial charge on any atom is -0.485 e. The molecule has 0 N–H and O–H groups in total. The Hall–Kier alpha value is -7.36. The Morgan fingerprint density at radius 1 is 0.483 bits per heavy atom. The number of rotatable bonds is 6. The smallest absolute Gasteiger partial charge is 0.135 e. The lowest BCUT2D eigenvalue weighted by molar-refractivity contribution is 0.269. The second-order valence-electron chi connectivity index (χ2n) is 16.8. The third-order valence-corrected chi connectivity index (χ3v) is 13.0. The van der Waals surface area contributed by atoms with Gasteiger partial charge in [-0.3, -0.25) is 0 Å². The van der Waals surface area contributed by atoms with E-state index in [1.54, 1.807) is 0 Å². The van der Waals surface area contributed by atoms with Crippen molar-refractivity contribution in [1.29, 1.82) is 0 Å². The lowest BCUT2D eigenvalue weighted by Gasteiger charge is -2.28. The molecule has 1 aromatic heterocycles. The van der Waals surface area contributed by atoms with Gasteiger partial charge in [0.05, 0.1) is 0 Å². The highest BCUT2D eigenvalue weighted by molar-refractivity contribution is 6.06. The van der Waals surface area contributed by atoms with Gasteiger partial charge in [0.25, 0.3) is 0 Å². The molecule has 0 bridgehead atoms. The highest BCUT2D eigenvalue weighted by Gasteiger charge is 2.37. The van der Waals surface area contributed by atoms with Gasteiger partial charge in [0.1, 0.15) is 23.0 Å². The maximum absolute atomic E-state index is 6.26. The quantitative estimate of drug-likeness (QED) is 0.168. The Morgan fingerprint density at radius 3 is 1.90 bits per heavy atom. The molecule has 2 aliphatic carbocycles. The van der Waals surface area contributed by atoms with E-state index >= 15 is 0 Å². The van der Waals surface area contributed by atoms with E-state index in [0.717, 1.165) is 55.9 Å². The maximum atomic E-state index is 6.26. The summed E-state index contributed by atoms with van der Waals surface area (Å²) in [6, 6.07) is 66.0. The van der Waals surface area contributed by atoms with Crippen molar-refractivity contribution in [3.05, 3.63) is 222 Å². The molecule has 3 nitrogen and oxygen atoms in total. The average molecular weight is 772 g/mol. The van der Waals surface area contributed by atoms with Crippen LogP contribution >= 0.6 is 0 Å². The summed E-state index contributed by atoms with van der Waals surface area (Å²) in [5.41, 5.74) is 18.8. The van der Waals surface area contributed by atoms with Crippen LogP contribution in [0.5, 0.6) is 5.75 Å². The zero-order valence-corrected chi connectivity index (χ0v) is 33.5. The topological polar surface area (TPSA) is 25.6 Å². The molecule has 9 aromatic rings. The molecule has 286 valence electrons. The van der Waals surface area contributed by atoms with E-state index in [0.29, 0.717) is 0 Å². The SMILES string of the molecule is CC1(C)c2cc(-c3ccccc3)ccc2-c2ccc(N(c3ccc(C4=CC5c6ccccc6OC5C=C4)cc3)c3ccc(-c4ccc5oc6ccccc6c5c4)cc3)cc21. The number of hydrogen-bond acceptors (Lipinski definition) is 3. The molecule has 8 aromatic carbocycles. The summed E-state index contributed by atoms with van der Waals surface area (Å²) in [5.74, 6) is 1.20. The van der Waals surface area contributed by atoms with E-state index < -0.39 is 0 Å². The summed E-state index contributed by atoms with van der Waals surface area (Å²) >= 11 is 0. The highest BCUT2D eigenvalue weighted by atomic mass is 16.5. The molecule has 12 rings (SSSR count). The van der Waals surface area contributed by atoms with Crippen LogP contribution < -0.4 is 9.64 Å². The number of ether oxygens (including phenoxy) is 1. The first-order valence-corrected chi connectivity index (χ1v) is 20.9. The fraction of sp³-hybridized carbons (Fsp3) is 0.0877. The lowest BCUT2D eigenvalue weighted by Crippen LogP contribution is -2.17. The van der Waals surface area contributed by atoms with Crippen LogP contribution in [-0.2, 0) is 5.41 Å². The fourth-order valence-corrected chi connectivity index (χ4v) is 9.88. The summed E-state index contributed by atoms with van der Waals surface area (Å²) in [7, 11) is 0. The number of para-hydroxylation sites is 2. The van der Waals surface area contributed by atoms with Crippen molar-refractivity contribution in [2.75, 3.05) is 4.90 Å². The van der Waals surface area contributed by atoms with Crippen LogP contribution in [0.3, 0.4) is 0 Å². The van der Waals surface area contributed by atoms with Gasteiger partial charge in [-0.05, 0) is 128 Å². The van der Waals surface area contributed by atoms with Gasteiger partial charge in [0.2, 0.25) is 0 Å². The molecule has 0 radical (unpaired) electrons. The zero-order chi connectivity index (χ0) is 40.0. The van der Waals surface area contributed by atoms with Crippen molar-refractivity contribution in [3.8, 4) is 39.1 Å². The first-order valence-electron chi connectivity index (χ1n) is 20.9. The van der Waals surface area contributed by atoms with E-state index in [9.17, 15) is 0 Å². The Morgan fingerprint density at radius 2 is 1.08 bits per heavy atom. The largest absolute Gasteiger partial charge is 0.485 e. The predicted molar refractivity (Wildman–Crippen MR) is 248 cm³/mol. The molecule has 0 saturated carbocycles. The molecule has 0 spiro atoms. The van der Waals surface area contributed by atoms with Crippen molar-refractivity contribution < 1.29 is 9.15 Å². The van der Waals surface area contributed by atoms with Gasteiger partial charge >= 0.3 is 0 Å². The number of hydrogen-bond donors (Lipinski definition) is 0. The molecule has 3 aliphatic rings. The van der Waals surface area contributed by atoms with Crippen molar-refractivity contribution in [1.82, 2.24) is 0 Å². The molecule has 2 unspecified atom stereocenters. The van der Waals surface area contributed by atoms with Gasteiger partial charge in [0, 0.05) is 44.7 Å². The zero-order valence-electron chi connectivity index (χ0n) is 33.5. The van der Waals surface area contributed by atoms with E-state index in [4.69, 9.17) is 9.15 Å². The molecule has 60 heavy (non-hydrogen) atoms. The molecule has 0 saturated heterocycles. The second-order valence-corrected chi connectivity index (χ2v) is 16.8. The van der Waals surface area contributed by atoms with Crippen molar-refractivity contribution in [2.24, 2.45) is 0 Å². The van der Waals surface area contributed by atoms with Crippen LogP contribution in [0.25, 0.3) is 60.9 Å². The molecular weight excluding hydrogens is 731 g/mol. The first kappa shape index (κ1) is 34.7. The van der Waals surface area contributed by atoms with Gasteiger partial charge in [-0.2, -0.15) is 0 Å². The predicted octanol–water partition coefficient (Wildman–Crippen LogP) is 15.2. The monoisotopic (exact) mass is 771 g/mol. The van der Waals surface area contributed by atoms with Crippen LogP contribution in [0.4, 0.5) is 17.1 Å². The number of furan rings is 1. The molecule has 2 heterocycles. The number of allylic oxidation sites excluding steroid dienone is 2. The number of fused-ring (bicyclic) bond motifs is 9. The number of nitrogens with zero attached hydrogens (tertiary/aromatic N) is 1. The highest BCUT2D eigenvalue weighted by Crippen LogP contribution is 2.52. The van der Waals surface area contributed by atoms with Gasteiger partial charge < -0.3 is 14.1 Å². The molecule has 0 fully saturated rings. The molecule has 2 atom stereocenters. The fourth-order valence-electron chi connectivity index (χ4n) is 9.88. The first-order chi connectivity index (χ1) is 29.5. The van der Waals surface area contributed by atoms with Crippen LogP contribution in [0, 0.1) is 0 Å². The summed E-state index contributed by atoms with van der Waals surface area (Å²) in [5, 5.41) is 2.27. The number of anilines is 3. The molecule has 3 heteroatoms. The van der Waals surface area contributed by atoms with Crippen LogP contribution in [0.2, 0.25) is 0 Å². The van der Waals surface area contributed by atoms with Crippen LogP contribution in [0.15, 0.2) is 205 Å². The Balaban J connectivity index is 0.933. The summed E-state index contributed by atoms with van der Waals surface area (Å²) in [6.07, 6.45) is 6.84. The van der Waals surface area contributed by atoms with Gasteiger partial charge in [0.15, 0.2) is 0 Å². The van der Waals surface area contributed by atoms with Gasteiger partial charge in [-0.1, -0.05) is 141 Å². The molecule has 0 amide bonds. The van der Waals surface area contributed by atoms with E-state index in [1.807, 2.05) is 18.2 Å². The van der Waals surface area contributed by atoms with Crippen LogP contribution in [0.1, 0.15) is 42.0 Å². The van der Waals surface area contributed by atoms with Crippen LogP contribution in [-0.4, -0.2) is 6.10 Å². The Bertz CT molecular complexity index is 3200. The average Bonchev–Trinajstić information content (AvgIpc) is 3.94. The summed E-state index contributed by atoms with van der Waals surface area (Å²) < 4.78 is 12.4. The Labute approximate surface area is 350 Å². The Kier molecular flexibility index (Phi) is 7.71. The third-order valence-electron chi connectivity index (χ3n) is 13.0. The van der Waals surface area contributed by atoms with E-state index in [-0.39, 0.29) is 17.4 Å². The summed E-state index contributed by atoms with van der Waals surface area (Å²) in [6.45, 7) is 4.74. The van der Waals surface area contributed by atoms with Crippen molar-refractivity contribution in [3.63, 3.8) is 0 Å². The summed E-state index contributed by atoms with van der Waals surface area (Å²) in [4.78, 5) is 2.40. The standard InChI is InChI=1S/C57H41NO2/c1-57(2)51-34-41(36-10-4-3-5-11-36)20-28-45(51)46-29-27-44(35-52(46)57)58(42-23-16-37(17-24-42)39-21-30-55-49(32-39)47-12-6-8-14-53(47)59-55)43-25-18-38(19-26-43)40-22-31-56-50(33-40)48-13-7-9-15-54(48)60-56/h3-35,49,55H,1-2H3. The van der Waals surface area contributed by atoms with Gasteiger partial charge in [-0.15, -0.1) is 0 Å². The third kappa shape index (κ3) is 5.50. The molecular formula is C57H41NO2. The van der Waals surface area contributed by atoms with E-state index in [1.165, 1.54) is 50.1 Å². The number of benzene rings is 8. The van der Waals surface area contributed by atoms with Crippen molar-refractivity contribution >= 4 is 44.6 Å². The molecule has 1 aliphatic heterocycles. The minimum atomic E-state index is -0.180. The maximum Gasteiger partial charge on any atom is 0.135 e. The van der Waals surface area contributed by atoms with Crippen molar-refractivity contribution in [2.45, 2.75) is 31.3 Å². The van der Waals surface area contributed by atoms with E-state index in [2.05, 4.69) is 201 Å². The normalized spacial score (nSPS) is 16.8. The second kappa shape index (κ2) is 13.3.